The van der Waals surface area contributed by atoms with Crippen molar-refractivity contribution in [2.75, 3.05) is 11.6 Å². The average Bonchev–Trinajstić information content (AvgIpc) is 2.41. The van der Waals surface area contributed by atoms with Crippen molar-refractivity contribution in [3.8, 4) is 0 Å². The lowest BCUT2D eigenvalue weighted by molar-refractivity contribution is -0.384. The van der Waals surface area contributed by atoms with Crippen LogP contribution in [0.2, 0.25) is 0 Å². The van der Waals surface area contributed by atoms with Gasteiger partial charge in [0.15, 0.2) is 0 Å². The molecule has 19 heavy (non-hydrogen) atoms. The summed E-state index contributed by atoms with van der Waals surface area (Å²) in [5.41, 5.74) is 1.82. The minimum Gasteiger partial charge on any atom is -0.375 e. The number of nitrogens with zero attached hydrogens (tertiary/aromatic N) is 1. The zero-order valence-electron chi connectivity index (χ0n) is 11.4. The Labute approximate surface area is 118 Å². The van der Waals surface area contributed by atoms with Gasteiger partial charge >= 0.3 is 0 Å². The maximum Gasteiger partial charge on any atom is 0.292 e. The van der Waals surface area contributed by atoms with Crippen molar-refractivity contribution in [3.05, 3.63) is 33.9 Å². The van der Waals surface area contributed by atoms with E-state index in [0.29, 0.717) is 17.0 Å². The molecule has 104 valence electrons. The van der Waals surface area contributed by atoms with Crippen LogP contribution in [0, 0.1) is 17.0 Å². The number of benzene rings is 1. The van der Waals surface area contributed by atoms with Gasteiger partial charge in [0.05, 0.1) is 4.92 Å². The van der Waals surface area contributed by atoms with E-state index in [2.05, 4.69) is 11.6 Å². The van der Waals surface area contributed by atoms with Crippen molar-refractivity contribution in [1.29, 1.82) is 0 Å². The number of anilines is 1. The largest absolute Gasteiger partial charge is 0.375 e. The fourth-order valence-electron chi connectivity index (χ4n) is 2.72. The molecule has 0 radical (unpaired) electrons. The highest BCUT2D eigenvalue weighted by atomic mass is 32.2. The van der Waals surface area contributed by atoms with Crippen LogP contribution in [0.4, 0.5) is 11.4 Å². The molecule has 1 N–H and O–H groups in total. The van der Waals surface area contributed by atoms with Crippen molar-refractivity contribution in [2.24, 2.45) is 0 Å². The molecule has 4 nitrogen and oxygen atoms in total. The second-order valence-electron chi connectivity index (χ2n) is 5.04. The monoisotopic (exact) mass is 280 g/mol. The van der Waals surface area contributed by atoms with Crippen LogP contribution in [0.25, 0.3) is 0 Å². The molecule has 1 aromatic carbocycles. The number of hydrogen-bond donors (Lipinski definition) is 1. The summed E-state index contributed by atoms with van der Waals surface area (Å²) in [6.07, 6.45) is 6.88. The molecule has 2 rings (SSSR count). The highest BCUT2D eigenvalue weighted by Gasteiger charge is 2.27. The number of nitro benzene ring substituents is 1. The number of aryl methyl sites for hydroxylation is 1. The van der Waals surface area contributed by atoms with Gasteiger partial charge in [0.1, 0.15) is 5.69 Å². The van der Waals surface area contributed by atoms with E-state index in [4.69, 9.17) is 0 Å². The van der Waals surface area contributed by atoms with Gasteiger partial charge < -0.3 is 5.32 Å². The second-order valence-corrected chi connectivity index (χ2v) is 6.11. The van der Waals surface area contributed by atoms with E-state index in [9.17, 15) is 10.1 Å². The molecule has 2 unspecified atom stereocenters. The Kier molecular flexibility index (Phi) is 4.69. The lowest BCUT2D eigenvalue weighted by Crippen LogP contribution is -2.34. The standard InChI is InChI=1S/C14H20N2O2S/c1-10-6-5-8-12(16(17)18)14(10)15-11-7-3-4-9-13(11)19-2/h5-6,8,11,13,15H,3-4,7,9H2,1-2H3. The Bertz CT molecular complexity index is 465. The van der Waals surface area contributed by atoms with Crippen molar-refractivity contribution >= 4 is 23.1 Å². The van der Waals surface area contributed by atoms with Gasteiger partial charge in [-0.15, -0.1) is 0 Å². The first-order valence-electron chi connectivity index (χ1n) is 6.67. The third kappa shape index (κ3) is 3.21. The molecule has 0 bridgehead atoms. The molecule has 0 spiro atoms. The van der Waals surface area contributed by atoms with Gasteiger partial charge in [0, 0.05) is 17.4 Å². The summed E-state index contributed by atoms with van der Waals surface area (Å²) in [7, 11) is 0. The van der Waals surface area contributed by atoms with Crippen molar-refractivity contribution in [2.45, 2.75) is 43.9 Å². The first kappa shape index (κ1) is 14.2. The smallest absolute Gasteiger partial charge is 0.292 e. The summed E-state index contributed by atoms with van der Waals surface area (Å²) >= 11 is 1.86. The number of thioether (sulfide) groups is 1. The first-order chi connectivity index (χ1) is 9.13. The highest BCUT2D eigenvalue weighted by Crippen LogP contribution is 2.34. The summed E-state index contributed by atoms with van der Waals surface area (Å²) in [4.78, 5) is 10.8. The molecule has 1 saturated carbocycles. The van der Waals surface area contributed by atoms with E-state index in [1.807, 2.05) is 24.8 Å². The summed E-state index contributed by atoms with van der Waals surface area (Å²) in [6, 6.07) is 5.58. The third-order valence-corrected chi connectivity index (χ3v) is 4.95. The van der Waals surface area contributed by atoms with Crippen molar-refractivity contribution in [3.63, 3.8) is 0 Å². The molecule has 5 heteroatoms. The van der Waals surface area contributed by atoms with Crippen molar-refractivity contribution in [1.82, 2.24) is 0 Å². The van der Waals surface area contributed by atoms with Crippen LogP contribution in [0.3, 0.4) is 0 Å². The zero-order valence-corrected chi connectivity index (χ0v) is 12.2. The number of rotatable bonds is 4. The van der Waals surface area contributed by atoms with Gasteiger partial charge in [-0.3, -0.25) is 10.1 Å². The van der Waals surface area contributed by atoms with E-state index in [-0.39, 0.29) is 10.6 Å². The predicted molar refractivity (Wildman–Crippen MR) is 81.0 cm³/mol. The molecular formula is C14H20N2O2S. The Morgan fingerprint density at radius 3 is 2.79 bits per heavy atom. The molecular weight excluding hydrogens is 260 g/mol. The SMILES string of the molecule is CSC1CCCCC1Nc1c(C)cccc1[N+](=O)[O-]. The Balaban J connectivity index is 2.24. The van der Waals surface area contributed by atoms with Crippen LogP contribution >= 0.6 is 11.8 Å². The van der Waals surface area contributed by atoms with Gasteiger partial charge in [-0.1, -0.05) is 25.0 Å². The fourth-order valence-corrected chi connectivity index (χ4v) is 3.66. The first-order valence-corrected chi connectivity index (χ1v) is 7.95. The van der Waals surface area contributed by atoms with Crippen LogP contribution in [-0.2, 0) is 0 Å². The second kappa shape index (κ2) is 6.28. The molecule has 0 aliphatic heterocycles. The molecule has 0 amide bonds. The molecule has 1 fully saturated rings. The summed E-state index contributed by atoms with van der Waals surface area (Å²) in [5.74, 6) is 0. The van der Waals surface area contributed by atoms with Gasteiger partial charge in [0.25, 0.3) is 5.69 Å². The van der Waals surface area contributed by atoms with Crippen LogP contribution < -0.4 is 5.32 Å². The highest BCUT2D eigenvalue weighted by molar-refractivity contribution is 7.99. The summed E-state index contributed by atoms with van der Waals surface area (Å²) in [6.45, 7) is 1.92. The minimum absolute atomic E-state index is 0.186. The minimum atomic E-state index is -0.299. The topological polar surface area (TPSA) is 55.2 Å². The third-order valence-electron chi connectivity index (χ3n) is 3.78. The van der Waals surface area contributed by atoms with E-state index in [0.717, 1.165) is 12.0 Å². The van der Waals surface area contributed by atoms with Crippen LogP contribution in [-0.4, -0.2) is 22.5 Å². The van der Waals surface area contributed by atoms with Crippen LogP contribution in [0.1, 0.15) is 31.2 Å². The summed E-state index contributed by atoms with van der Waals surface area (Å²) < 4.78 is 0. The van der Waals surface area contributed by atoms with Crippen molar-refractivity contribution < 1.29 is 4.92 Å². The van der Waals surface area contributed by atoms with Gasteiger partial charge in [-0.05, 0) is 31.6 Å². The van der Waals surface area contributed by atoms with E-state index in [1.54, 1.807) is 12.1 Å². The average molecular weight is 280 g/mol. The van der Waals surface area contributed by atoms with Gasteiger partial charge in [-0.2, -0.15) is 11.8 Å². The molecule has 0 heterocycles. The number of hydrogen-bond acceptors (Lipinski definition) is 4. The molecule has 1 aliphatic carbocycles. The Morgan fingerprint density at radius 2 is 2.11 bits per heavy atom. The molecule has 0 aromatic heterocycles. The quantitative estimate of drug-likeness (QED) is 0.669. The Morgan fingerprint density at radius 1 is 1.37 bits per heavy atom. The van der Waals surface area contributed by atoms with E-state index >= 15 is 0 Å². The van der Waals surface area contributed by atoms with Gasteiger partial charge in [-0.25, -0.2) is 0 Å². The molecule has 1 aromatic rings. The predicted octanol–water partition coefficient (Wildman–Crippen LogP) is 3.99. The lowest BCUT2D eigenvalue weighted by atomic mass is 9.94. The molecule has 0 saturated heterocycles. The number of nitro groups is 1. The molecule has 1 aliphatic rings. The fraction of sp³-hybridized carbons (Fsp3) is 0.571. The lowest BCUT2D eigenvalue weighted by Gasteiger charge is -2.32. The Hall–Kier alpha value is -1.23. The van der Waals surface area contributed by atoms with E-state index in [1.165, 1.54) is 19.3 Å². The van der Waals surface area contributed by atoms with E-state index < -0.39 is 0 Å². The van der Waals surface area contributed by atoms with Crippen LogP contribution in [0.5, 0.6) is 0 Å². The van der Waals surface area contributed by atoms with Crippen LogP contribution in [0.15, 0.2) is 18.2 Å². The van der Waals surface area contributed by atoms with Gasteiger partial charge in [0.2, 0.25) is 0 Å². The normalized spacial score (nSPS) is 23.1. The number of nitrogens with one attached hydrogen (secondary N) is 1. The number of para-hydroxylation sites is 1. The maximum atomic E-state index is 11.1. The summed E-state index contributed by atoms with van der Waals surface area (Å²) in [5, 5.41) is 15.1. The maximum absolute atomic E-state index is 11.1. The molecule has 2 atom stereocenters. The zero-order chi connectivity index (χ0) is 13.8.